The van der Waals surface area contributed by atoms with Gasteiger partial charge in [0.25, 0.3) is 10.0 Å². The van der Waals surface area contributed by atoms with Gasteiger partial charge in [-0.2, -0.15) is 5.10 Å². The summed E-state index contributed by atoms with van der Waals surface area (Å²) in [5, 5.41) is 4.78. The zero-order chi connectivity index (χ0) is 18.7. The third-order valence-corrected chi connectivity index (χ3v) is 6.62. The molecule has 3 aromatic rings. The van der Waals surface area contributed by atoms with Gasteiger partial charge < -0.3 is 0 Å². The monoisotopic (exact) mass is 407 g/mol. The smallest absolute Gasteiger partial charge is 0.265 e. The average Bonchev–Trinajstić information content (AvgIpc) is 3.00. The highest BCUT2D eigenvalue weighted by Crippen LogP contribution is 2.35. The van der Waals surface area contributed by atoms with Gasteiger partial charge >= 0.3 is 0 Å². The molecular formula is C18H18ClN3O2S2. The van der Waals surface area contributed by atoms with Crippen molar-refractivity contribution in [2.75, 3.05) is 4.72 Å². The number of sulfonamides is 1. The Morgan fingerprint density at radius 1 is 1.15 bits per heavy atom. The van der Waals surface area contributed by atoms with E-state index in [0.717, 1.165) is 9.79 Å². The fraction of sp³-hybridized carbons (Fsp3) is 0.167. The third kappa shape index (κ3) is 4.06. The van der Waals surface area contributed by atoms with Crippen LogP contribution in [0, 0.1) is 6.92 Å². The molecular weight excluding hydrogens is 390 g/mol. The highest BCUT2D eigenvalue weighted by atomic mass is 35.5. The molecule has 136 valence electrons. The Morgan fingerprint density at radius 2 is 1.85 bits per heavy atom. The number of halogens is 1. The van der Waals surface area contributed by atoms with Crippen molar-refractivity contribution in [1.29, 1.82) is 0 Å². The van der Waals surface area contributed by atoms with Gasteiger partial charge in [0.1, 0.15) is 4.90 Å². The van der Waals surface area contributed by atoms with Crippen LogP contribution in [0.1, 0.15) is 12.6 Å². The summed E-state index contributed by atoms with van der Waals surface area (Å²) in [5.41, 5.74) is 1.14. The maximum Gasteiger partial charge on any atom is 0.265 e. The molecule has 0 spiro atoms. The number of aromatic nitrogens is 2. The lowest BCUT2D eigenvalue weighted by Crippen LogP contribution is -2.14. The number of hydrogen-bond acceptors (Lipinski definition) is 4. The number of nitrogens with one attached hydrogen (secondary N) is 1. The first-order valence-corrected chi connectivity index (χ1v) is 10.7. The molecule has 26 heavy (non-hydrogen) atoms. The molecule has 0 radical (unpaired) electrons. The number of rotatable bonds is 6. The number of nitrogens with zero attached hydrogens (tertiary/aromatic N) is 2. The second-order valence-electron chi connectivity index (χ2n) is 5.57. The first-order valence-electron chi connectivity index (χ1n) is 7.98. The topological polar surface area (TPSA) is 64.0 Å². The van der Waals surface area contributed by atoms with Crippen molar-refractivity contribution in [3.05, 3.63) is 65.4 Å². The Hall–Kier alpha value is -1.96. The molecule has 1 heterocycles. The molecule has 8 heteroatoms. The second kappa shape index (κ2) is 7.73. The van der Waals surface area contributed by atoms with Gasteiger partial charge in [-0.1, -0.05) is 35.5 Å². The summed E-state index contributed by atoms with van der Waals surface area (Å²) in [6, 6.07) is 14.7. The molecule has 0 aliphatic rings. The van der Waals surface area contributed by atoms with E-state index in [9.17, 15) is 8.42 Å². The van der Waals surface area contributed by atoms with E-state index in [1.54, 1.807) is 35.9 Å². The molecule has 0 bridgehead atoms. The highest BCUT2D eigenvalue weighted by molar-refractivity contribution is 7.99. The van der Waals surface area contributed by atoms with Gasteiger partial charge in [0.2, 0.25) is 0 Å². The van der Waals surface area contributed by atoms with Gasteiger partial charge in [-0.25, -0.2) is 8.42 Å². The summed E-state index contributed by atoms with van der Waals surface area (Å²) in [4.78, 5) is 1.96. The van der Waals surface area contributed by atoms with Gasteiger partial charge in [0, 0.05) is 21.4 Å². The summed E-state index contributed by atoms with van der Waals surface area (Å²) < 4.78 is 30.0. The summed E-state index contributed by atoms with van der Waals surface area (Å²) in [5.74, 6) is 0. The van der Waals surface area contributed by atoms with Gasteiger partial charge in [0.05, 0.1) is 17.6 Å². The van der Waals surface area contributed by atoms with Crippen molar-refractivity contribution in [3.8, 4) is 0 Å². The fourth-order valence-corrected chi connectivity index (χ4v) is 4.83. The van der Waals surface area contributed by atoms with Crippen LogP contribution in [0.2, 0.25) is 5.02 Å². The highest BCUT2D eigenvalue weighted by Gasteiger charge is 2.21. The summed E-state index contributed by atoms with van der Waals surface area (Å²) >= 11 is 7.39. The van der Waals surface area contributed by atoms with Crippen molar-refractivity contribution >= 4 is 39.1 Å². The summed E-state index contributed by atoms with van der Waals surface area (Å²) in [6.45, 7) is 4.28. The van der Waals surface area contributed by atoms with Crippen molar-refractivity contribution in [2.24, 2.45) is 0 Å². The number of anilines is 1. The largest absolute Gasteiger partial charge is 0.278 e. The van der Waals surface area contributed by atoms with E-state index in [2.05, 4.69) is 9.82 Å². The van der Waals surface area contributed by atoms with Crippen LogP contribution in [-0.2, 0) is 16.6 Å². The first-order chi connectivity index (χ1) is 12.4. The normalized spacial score (nSPS) is 11.5. The van der Waals surface area contributed by atoms with Crippen LogP contribution in [0.3, 0.4) is 0 Å². The van der Waals surface area contributed by atoms with Crippen molar-refractivity contribution < 1.29 is 8.42 Å². The maximum atomic E-state index is 12.8. The van der Waals surface area contributed by atoms with E-state index in [0.29, 0.717) is 22.9 Å². The third-order valence-electron chi connectivity index (χ3n) is 3.82. The van der Waals surface area contributed by atoms with Crippen molar-refractivity contribution in [3.63, 3.8) is 0 Å². The minimum Gasteiger partial charge on any atom is -0.278 e. The minimum absolute atomic E-state index is 0.186. The molecule has 2 aromatic carbocycles. The first kappa shape index (κ1) is 18.8. The zero-order valence-corrected chi connectivity index (χ0v) is 16.7. The van der Waals surface area contributed by atoms with Crippen LogP contribution in [-0.4, -0.2) is 18.2 Å². The van der Waals surface area contributed by atoms with Crippen molar-refractivity contribution in [2.45, 2.75) is 35.1 Å². The molecule has 0 amide bonds. The Kier molecular flexibility index (Phi) is 5.60. The Balaban J connectivity index is 1.90. The second-order valence-corrected chi connectivity index (χ2v) is 8.77. The Bertz CT molecular complexity index is 1020. The molecule has 1 N–H and O–H groups in total. The van der Waals surface area contributed by atoms with E-state index in [1.165, 1.54) is 18.0 Å². The SMILES string of the molecule is CCn1ncc(S(=O)(=O)Nc2ccccc2Sc2ccc(Cl)cc2)c1C. The van der Waals surface area contributed by atoms with Gasteiger partial charge in [-0.3, -0.25) is 9.40 Å². The van der Waals surface area contributed by atoms with E-state index >= 15 is 0 Å². The number of benzene rings is 2. The van der Waals surface area contributed by atoms with Crippen LogP contribution < -0.4 is 4.72 Å². The molecule has 0 saturated heterocycles. The molecule has 1 aromatic heterocycles. The maximum absolute atomic E-state index is 12.8. The van der Waals surface area contributed by atoms with Crippen LogP contribution >= 0.6 is 23.4 Å². The minimum atomic E-state index is -3.72. The summed E-state index contributed by atoms with van der Waals surface area (Å²) in [7, 11) is -3.72. The van der Waals surface area contributed by atoms with E-state index in [-0.39, 0.29) is 4.90 Å². The lowest BCUT2D eigenvalue weighted by Gasteiger charge is -2.12. The van der Waals surface area contributed by atoms with Gasteiger partial charge in [0.15, 0.2) is 0 Å². The molecule has 0 aliphatic heterocycles. The number of aryl methyl sites for hydroxylation is 1. The predicted molar refractivity (Wildman–Crippen MR) is 105 cm³/mol. The standard InChI is InChI=1S/C18H18ClN3O2S2/c1-3-22-13(2)18(12-20-22)26(23,24)21-16-6-4-5-7-17(16)25-15-10-8-14(19)9-11-15/h4-12,21H,3H2,1-2H3. The lowest BCUT2D eigenvalue weighted by atomic mass is 10.3. The summed E-state index contributed by atoms with van der Waals surface area (Å²) in [6.07, 6.45) is 1.39. The predicted octanol–water partition coefficient (Wildman–Crippen LogP) is 4.82. The quantitative estimate of drug-likeness (QED) is 0.636. The zero-order valence-electron chi connectivity index (χ0n) is 14.3. The lowest BCUT2D eigenvalue weighted by molar-refractivity contribution is 0.598. The van der Waals surface area contributed by atoms with Crippen LogP contribution in [0.4, 0.5) is 5.69 Å². The van der Waals surface area contributed by atoms with E-state index in [1.807, 2.05) is 31.2 Å². The average molecular weight is 408 g/mol. The van der Waals surface area contributed by atoms with Gasteiger partial charge in [-0.15, -0.1) is 0 Å². The molecule has 0 aliphatic carbocycles. The number of para-hydroxylation sites is 1. The molecule has 5 nitrogen and oxygen atoms in total. The molecule has 0 atom stereocenters. The molecule has 0 fully saturated rings. The van der Waals surface area contributed by atoms with Crippen LogP contribution in [0.25, 0.3) is 0 Å². The fourth-order valence-electron chi connectivity index (χ4n) is 2.48. The van der Waals surface area contributed by atoms with Gasteiger partial charge in [-0.05, 0) is 50.2 Å². The van der Waals surface area contributed by atoms with E-state index in [4.69, 9.17) is 11.6 Å². The molecule has 3 rings (SSSR count). The number of hydrogen-bond donors (Lipinski definition) is 1. The Labute approximate surface area is 162 Å². The van der Waals surface area contributed by atoms with E-state index < -0.39 is 10.0 Å². The Morgan fingerprint density at radius 3 is 2.50 bits per heavy atom. The molecule has 0 unspecified atom stereocenters. The van der Waals surface area contributed by atoms with Crippen LogP contribution in [0.15, 0.2) is 69.4 Å². The molecule has 0 saturated carbocycles. The van der Waals surface area contributed by atoms with Crippen molar-refractivity contribution in [1.82, 2.24) is 9.78 Å². The van der Waals surface area contributed by atoms with Crippen LogP contribution in [0.5, 0.6) is 0 Å².